The molecule has 194 valence electrons. The van der Waals surface area contributed by atoms with Crippen LogP contribution in [0.4, 0.5) is 17.6 Å². The number of hydrogen-bond donors (Lipinski definition) is 2. The number of aromatic nitrogens is 3. The van der Waals surface area contributed by atoms with Crippen molar-refractivity contribution in [1.82, 2.24) is 24.7 Å². The van der Waals surface area contributed by atoms with Crippen molar-refractivity contribution in [2.45, 2.75) is 43.1 Å². The van der Waals surface area contributed by atoms with Crippen molar-refractivity contribution in [3.05, 3.63) is 40.5 Å². The van der Waals surface area contributed by atoms with Gasteiger partial charge in [0.15, 0.2) is 5.01 Å². The molecule has 1 amide bonds. The van der Waals surface area contributed by atoms with Gasteiger partial charge in [-0.25, -0.2) is 22.6 Å². The Morgan fingerprint density at radius 3 is 2.56 bits per heavy atom. The Labute approximate surface area is 205 Å². The molecule has 1 atom stereocenters. The van der Waals surface area contributed by atoms with E-state index in [0.29, 0.717) is 6.92 Å². The highest BCUT2D eigenvalue weighted by atomic mass is 32.2. The standard InChI is InChI=1S/C20H19F4N5O5S2/c1-10(20(22,23)24)28-36(32,33)13-5-3-2-4-12(13)15-14(18(30)29-8-6-11(21)7-9-29)25-17(35-15)16-26-19(31)34-27-16/h2-5,10-11,28H,6-9H2,1H3,(H,26,27,31). The van der Waals surface area contributed by atoms with Crippen molar-refractivity contribution in [2.75, 3.05) is 13.1 Å². The van der Waals surface area contributed by atoms with Gasteiger partial charge >= 0.3 is 11.9 Å². The lowest BCUT2D eigenvalue weighted by Crippen LogP contribution is -2.43. The average Bonchev–Trinajstić information content (AvgIpc) is 3.45. The van der Waals surface area contributed by atoms with Crippen LogP contribution in [0.25, 0.3) is 21.3 Å². The molecule has 16 heteroatoms. The Bertz CT molecular complexity index is 1420. The van der Waals surface area contributed by atoms with E-state index in [-0.39, 0.29) is 52.9 Å². The summed E-state index contributed by atoms with van der Waals surface area (Å²) in [6.45, 7) is 0.852. The molecule has 1 unspecified atom stereocenters. The van der Waals surface area contributed by atoms with Crippen LogP contribution in [0.1, 0.15) is 30.3 Å². The van der Waals surface area contributed by atoms with Crippen molar-refractivity contribution in [2.24, 2.45) is 0 Å². The van der Waals surface area contributed by atoms with Gasteiger partial charge < -0.3 is 4.90 Å². The molecule has 2 N–H and O–H groups in total. The third kappa shape index (κ3) is 5.34. The number of carbonyl (C=O) groups excluding carboxylic acids is 1. The third-order valence-electron chi connectivity index (χ3n) is 5.43. The fraction of sp³-hybridized carbons (Fsp3) is 0.400. The Balaban J connectivity index is 1.83. The SMILES string of the molecule is CC(NS(=O)(=O)c1ccccc1-c1sc(-c2noc(=O)[nH]2)nc1C(=O)N1CCC(F)CC1)C(F)(F)F. The van der Waals surface area contributed by atoms with E-state index >= 15 is 0 Å². The lowest BCUT2D eigenvalue weighted by atomic mass is 10.1. The van der Waals surface area contributed by atoms with E-state index in [1.807, 2.05) is 0 Å². The number of H-pyrrole nitrogens is 1. The van der Waals surface area contributed by atoms with E-state index in [4.69, 9.17) is 0 Å². The molecule has 0 bridgehead atoms. The number of alkyl halides is 4. The maximum Gasteiger partial charge on any atom is 0.439 e. The average molecular weight is 550 g/mol. The number of likely N-dealkylation sites (tertiary alicyclic amines) is 1. The van der Waals surface area contributed by atoms with Gasteiger partial charge in [0.05, 0.1) is 9.77 Å². The predicted molar refractivity (Wildman–Crippen MR) is 120 cm³/mol. The molecule has 3 heterocycles. The second kappa shape index (κ2) is 9.74. The number of thiazole rings is 1. The molecule has 10 nitrogen and oxygen atoms in total. The minimum Gasteiger partial charge on any atom is -0.337 e. The summed E-state index contributed by atoms with van der Waals surface area (Å²) in [5, 5.41) is 3.53. The first-order chi connectivity index (χ1) is 16.9. The quantitative estimate of drug-likeness (QED) is 0.451. The molecule has 1 aromatic carbocycles. The van der Waals surface area contributed by atoms with Crippen LogP contribution in [0, 0.1) is 0 Å². The summed E-state index contributed by atoms with van der Waals surface area (Å²) in [5.41, 5.74) is -0.305. The number of carbonyl (C=O) groups is 1. The zero-order valence-corrected chi connectivity index (χ0v) is 20.1. The van der Waals surface area contributed by atoms with Gasteiger partial charge in [-0.2, -0.15) is 17.9 Å². The number of rotatable bonds is 6. The molecule has 2 aromatic heterocycles. The first-order valence-corrected chi connectivity index (χ1v) is 12.9. The summed E-state index contributed by atoms with van der Waals surface area (Å²) in [7, 11) is -4.70. The van der Waals surface area contributed by atoms with E-state index in [9.17, 15) is 35.6 Å². The Hall–Kier alpha value is -3.11. The van der Waals surface area contributed by atoms with E-state index in [1.165, 1.54) is 23.1 Å². The molecular weight excluding hydrogens is 530 g/mol. The van der Waals surface area contributed by atoms with Gasteiger partial charge in [0.2, 0.25) is 15.8 Å². The zero-order valence-electron chi connectivity index (χ0n) is 18.5. The van der Waals surface area contributed by atoms with Crippen molar-refractivity contribution < 1.29 is 35.3 Å². The highest BCUT2D eigenvalue weighted by molar-refractivity contribution is 7.89. The normalized spacial score (nSPS) is 16.3. The lowest BCUT2D eigenvalue weighted by molar-refractivity contribution is -0.147. The fourth-order valence-electron chi connectivity index (χ4n) is 3.52. The van der Waals surface area contributed by atoms with Gasteiger partial charge in [-0.15, -0.1) is 11.3 Å². The highest BCUT2D eigenvalue weighted by Crippen LogP contribution is 2.38. The number of aromatic amines is 1. The largest absolute Gasteiger partial charge is 0.439 e. The molecule has 3 aromatic rings. The maximum atomic E-state index is 13.6. The lowest BCUT2D eigenvalue weighted by Gasteiger charge is -2.28. The second-order valence-electron chi connectivity index (χ2n) is 7.99. The van der Waals surface area contributed by atoms with Crippen molar-refractivity contribution in [1.29, 1.82) is 0 Å². The monoisotopic (exact) mass is 549 g/mol. The molecule has 0 spiro atoms. The molecule has 4 rings (SSSR count). The number of nitrogens with one attached hydrogen (secondary N) is 2. The van der Waals surface area contributed by atoms with Crippen LogP contribution in [0.3, 0.4) is 0 Å². The van der Waals surface area contributed by atoms with Gasteiger partial charge in [-0.05, 0) is 25.8 Å². The second-order valence-corrected chi connectivity index (χ2v) is 10.7. The Kier molecular flexibility index (Phi) is 7.03. The highest BCUT2D eigenvalue weighted by Gasteiger charge is 2.40. The van der Waals surface area contributed by atoms with E-state index < -0.39 is 45.0 Å². The summed E-state index contributed by atoms with van der Waals surface area (Å²) >= 11 is 0.787. The van der Waals surface area contributed by atoms with Crippen LogP contribution in [-0.2, 0) is 10.0 Å². The molecule has 1 fully saturated rings. The summed E-state index contributed by atoms with van der Waals surface area (Å²) in [5.74, 6) is -1.65. The number of piperidine rings is 1. The summed E-state index contributed by atoms with van der Waals surface area (Å²) in [6, 6.07) is 2.81. The van der Waals surface area contributed by atoms with E-state index in [2.05, 4.69) is 19.6 Å². The smallest absolute Gasteiger partial charge is 0.337 e. The van der Waals surface area contributed by atoms with Crippen molar-refractivity contribution >= 4 is 27.3 Å². The molecule has 1 saturated heterocycles. The van der Waals surface area contributed by atoms with Gasteiger partial charge in [-0.3, -0.25) is 14.3 Å². The van der Waals surface area contributed by atoms with Crippen LogP contribution in [0.2, 0.25) is 0 Å². The van der Waals surface area contributed by atoms with Gasteiger partial charge in [0.25, 0.3) is 5.91 Å². The van der Waals surface area contributed by atoms with E-state index in [0.717, 1.165) is 17.4 Å². The first kappa shape index (κ1) is 26.0. The van der Waals surface area contributed by atoms with Crippen LogP contribution < -0.4 is 10.5 Å². The molecule has 0 radical (unpaired) electrons. The molecular formula is C20H19F4N5O5S2. The molecule has 0 aliphatic carbocycles. The minimum atomic E-state index is -4.83. The van der Waals surface area contributed by atoms with Crippen molar-refractivity contribution in [3.63, 3.8) is 0 Å². The van der Waals surface area contributed by atoms with Crippen LogP contribution in [0.15, 0.2) is 38.5 Å². The van der Waals surface area contributed by atoms with Crippen LogP contribution in [-0.4, -0.2) is 65.8 Å². The molecule has 0 saturated carbocycles. The molecule has 1 aliphatic rings. The van der Waals surface area contributed by atoms with E-state index in [1.54, 1.807) is 4.72 Å². The topological polar surface area (TPSA) is 138 Å². The Morgan fingerprint density at radius 2 is 1.94 bits per heavy atom. The number of benzene rings is 1. The first-order valence-electron chi connectivity index (χ1n) is 10.6. The zero-order chi connectivity index (χ0) is 26.3. The van der Waals surface area contributed by atoms with Gasteiger partial charge in [0, 0.05) is 18.7 Å². The summed E-state index contributed by atoms with van der Waals surface area (Å²) in [6.07, 6.45) is -5.67. The molecule has 36 heavy (non-hydrogen) atoms. The van der Waals surface area contributed by atoms with Gasteiger partial charge in [0.1, 0.15) is 17.9 Å². The number of halogens is 4. The number of hydrogen-bond acceptors (Lipinski definition) is 8. The number of nitrogens with zero attached hydrogens (tertiary/aromatic N) is 3. The fourth-order valence-corrected chi connectivity index (χ4v) is 6.06. The maximum absolute atomic E-state index is 13.6. The Morgan fingerprint density at radius 1 is 1.28 bits per heavy atom. The van der Waals surface area contributed by atoms with Gasteiger partial charge in [-0.1, -0.05) is 23.4 Å². The summed E-state index contributed by atoms with van der Waals surface area (Å²) < 4.78 is 84.7. The predicted octanol–water partition coefficient (Wildman–Crippen LogP) is 2.96. The number of amides is 1. The summed E-state index contributed by atoms with van der Waals surface area (Å²) in [4.78, 5) is 32.1. The minimum absolute atomic E-state index is 0.00315. The molecule has 1 aliphatic heterocycles. The van der Waals surface area contributed by atoms with Crippen LogP contribution >= 0.6 is 11.3 Å². The third-order valence-corrected chi connectivity index (χ3v) is 8.12. The van der Waals surface area contributed by atoms with Crippen LogP contribution in [0.5, 0.6) is 0 Å². The van der Waals surface area contributed by atoms with Crippen molar-refractivity contribution in [3.8, 4) is 21.3 Å². The number of sulfonamides is 1.